The third-order valence-corrected chi connectivity index (χ3v) is 4.40. The van der Waals surface area contributed by atoms with Gasteiger partial charge in [0.25, 0.3) is 0 Å². The maximum atomic E-state index is 4.40. The van der Waals surface area contributed by atoms with Gasteiger partial charge in [0.2, 0.25) is 0 Å². The van der Waals surface area contributed by atoms with Crippen LogP contribution in [-0.4, -0.2) is 5.25 Å². The Balaban J connectivity index is 3.85. The Hall–Kier alpha value is 0.480. The van der Waals surface area contributed by atoms with Crippen LogP contribution < -0.4 is 0 Å². The predicted octanol–water partition coefficient (Wildman–Crippen LogP) is 2.62. The monoisotopic (exact) mass is 163 g/mol. The predicted molar refractivity (Wildman–Crippen MR) is 50.3 cm³/mol. The van der Waals surface area contributed by atoms with Crippen LogP contribution in [0.25, 0.3) is 0 Å². The van der Waals surface area contributed by atoms with E-state index in [1.165, 1.54) is 6.42 Å². The van der Waals surface area contributed by atoms with Crippen LogP contribution >= 0.6 is 11.7 Å². The van der Waals surface area contributed by atoms with Gasteiger partial charge in [-0.25, -0.2) is 0 Å². The van der Waals surface area contributed by atoms with Crippen molar-refractivity contribution in [1.82, 2.24) is 0 Å². The molecular weight excluding hydrogens is 148 g/mol. The van der Waals surface area contributed by atoms with Crippen LogP contribution in [0.2, 0.25) is 0 Å². The first-order chi connectivity index (χ1) is 4.22. The zero-order chi connectivity index (χ0) is 7.28. The summed E-state index contributed by atoms with van der Waals surface area (Å²) in [7, 11) is 0.130. The lowest BCUT2D eigenvalue weighted by molar-refractivity contribution is 0.909. The summed E-state index contributed by atoms with van der Waals surface area (Å²) in [6.45, 7) is 6.52. The van der Waals surface area contributed by atoms with Crippen molar-refractivity contribution in [2.75, 3.05) is 0 Å². The topological polar surface area (TPSA) is 0 Å². The van der Waals surface area contributed by atoms with Crippen molar-refractivity contribution in [3.63, 3.8) is 0 Å². The zero-order valence-corrected chi connectivity index (χ0v) is 8.06. The summed E-state index contributed by atoms with van der Waals surface area (Å²) < 4.78 is 0. The van der Waals surface area contributed by atoms with Gasteiger partial charge in [0.05, 0.1) is 0 Å². The largest absolute Gasteiger partial charge is 0.400 e. The molecule has 9 heavy (non-hydrogen) atoms. The van der Waals surface area contributed by atoms with Crippen LogP contribution in [0.4, 0.5) is 0 Å². The lowest BCUT2D eigenvalue weighted by Gasteiger charge is -2.19. The van der Waals surface area contributed by atoms with Gasteiger partial charge < -0.3 is 9.33 Å². The van der Waals surface area contributed by atoms with Crippen LogP contribution in [0, 0.1) is 5.18 Å². The second-order valence-corrected chi connectivity index (χ2v) is 4.93. The quantitative estimate of drug-likeness (QED) is 0.343. The molecule has 0 saturated heterocycles. The molecule has 0 saturated carbocycles. The van der Waals surface area contributed by atoms with Crippen molar-refractivity contribution in [3.05, 3.63) is 0 Å². The molecular formula is C7H15S2-. The molecule has 0 aliphatic carbocycles. The molecule has 1 atom stereocenters. The molecule has 0 fully saturated rings. The second kappa shape index (κ2) is 5.28. The summed E-state index contributed by atoms with van der Waals surface area (Å²) in [4.78, 5) is 0. The van der Waals surface area contributed by atoms with Crippen LogP contribution in [0.5, 0.6) is 0 Å². The first-order valence-electron chi connectivity index (χ1n) is 3.38. The highest BCUT2D eigenvalue weighted by molar-refractivity contribution is 8.61. The average molecular weight is 163 g/mol. The van der Waals surface area contributed by atoms with Gasteiger partial charge in [-0.05, 0) is 6.42 Å². The Kier molecular flexibility index (Phi) is 5.56. The number of thiol groups is 1. The van der Waals surface area contributed by atoms with Gasteiger partial charge in [0.1, 0.15) is 0 Å². The molecule has 0 N–H and O–H groups in total. The van der Waals surface area contributed by atoms with Crippen molar-refractivity contribution >= 4 is 21.0 Å². The van der Waals surface area contributed by atoms with E-state index >= 15 is 0 Å². The Labute approximate surface area is 65.4 Å². The van der Waals surface area contributed by atoms with Crippen molar-refractivity contribution in [2.45, 2.75) is 38.9 Å². The fourth-order valence-corrected chi connectivity index (χ4v) is 2.18. The Morgan fingerprint density at radius 2 is 2.11 bits per heavy atom. The molecule has 1 unspecified atom stereocenters. The molecule has 0 spiro atoms. The molecule has 0 bridgehead atoms. The molecule has 0 amide bonds. The minimum absolute atomic E-state index is 0.130. The molecule has 0 nitrogen and oxygen atoms in total. The molecule has 0 rings (SSSR count). The summed E-state index contributed by atoms with van der Waals surface area (Å²) in [5.74, 6) is 0. The first kappa shape index (κ1) is 9.48. The van der Waals surface area contributed by atoms with Crippen LogP contribution in [0.15, 0.2) is 0 Å². The minimum Gasteiger partial charge on any atom is -0.400 e. The number of hydrogen-bond donors (Lipinski definition) is 1. The highest BCUT2D eigenvalue weighted by atomic mass is 33.1. The van der Waals surface area contributed by atoms with E-state index in [2.05, 4.69) is 37.6 Å². The smallest absolute Gasteiger partial charge is 0.0279 e. The average Bonchev–Trinajstić information content (AvgIpc) is 1.87. The molecule has 0 aliphatic rings. The van der Waals surface area contributed by atoms with Crippen LogP contribution in [0.1, 0.15) is 33.6 Å². The molecule has 0 aliphatic heterocycles. The minimum atomic E-state index is 0.130. The van der Waals surface area contributed by atoms with E-state index in [0.29, 0.717) is 5.25 Å². The van der Waals surface area contributed by atoms with Gasteiger partial charge in [-0.15, -0.1) is 5.25 Å². The third kappa shape index (κ3) is 3.96. The van der Waals surface area contributed by atoms with Gasteiger partial charge in [-0.2, -0.15) is 0 Å². The number of rotatable bonds is 1. The summed E-state index contributed by atoms with van der Waals surface area (Å²) in [5.41, 5.74) is 0. The van der Waals surface area contributed by atoms with E-state index in [1.54, 1.807) is 0 Å². The van der Waals surface area contributed by atoms with Gasteiger partial charge in [-0.1, -0.05) is 27.2 Å². The number of hydrogen-bond acceptors (Lipinski definition) is 2. The molecule has 0 aromatic rings. The summed E-state index contributed by atoms with van der Waals surface area (Å²) in [6.07, 6.45) is 2.23. The van der Waals surface area contributed by atoms with Gasteiger partial charge in [0, 0.05) is 0 Å². The normalized spacial score (nSPS) is 13.4. The van der Waals surface area contributed by atoms with E-state index in [1.807, 2.05) is 0 Å². The Morgan fingerprint density at radius 1 is 1.56 bits per heavy atom. The molecule has 0 radical (unpaired) electrons. The van der Waals surface area contributed by atoms with Crippen molar-refractivity contribution in [2.24, 2.45) is 0 Å². The lowest BCUT2D eigenvalue weighted by atomic mass is 10.4. The highest BCUT2D eigenvalue weighted by Gasteiger charge is 1.82. The van der Waals surface area contributed by atoms with E-state index in [9.17, 15) is 0 Å². The fourth-order valence-electron chi connectivity index (χ4n) is 0.448. The standard InChI is InChI=1S/C7H15S2/c1-4-6-9(8)7(3)5-2/h7-8H,4-5H2,1-3H3/q-1. The maximum absolute atomic E-state index is 4.40. The van der Waals surface area contributed by atoms with Crippen molar-refractivity contribution < 1.29 is 0 Å². The highest BCUT2D eigenvalue weighted by Crippen LogP contribution is 2.03. The molecule has 0 aromatic carbocycles. The van der Waals surface area contributed by atoms with Crippen LogP contribution in [0.3, 0.4) is 0 Å². The molecule has 0 heterocycles. The molecule has 56 valence electrons. The third-order valence-electron chi connectivity index (χ3n) is 1.25. The van der Waals surface area contributed by atoms with E-state index in [-0.39, 0.29) is 9.33 Å². The lowest BCUT2D eigenvalue weighted by Crippen LogP contribution is -2.00. The first-order valence-corrected chi connectivity index (χ1v) is 5.72. The second-order valence-electron chi connectivity index (χ2n) is 2.03. The molecule has 0 aromatic heterocycles. The van der Waals surface area contributed by atoms with Gasteiger partial charge in [-0.3, -0.25) is 16.8 Å². The maximum Gasteiger partial charge on any atom is -0.0279 e. The van der Waals surface area contributed by atoms with Crippen molar-refractivity contribution in [3.8, 4) is 5.18 Å². The summed E-state index contributed by atoms with van der Waals surface area (Å²) in [6, 6.07) is 0. The SMILES string of the molecule is CCC#[S-](S)C(C)CC. The fraction of sp³-hybridized carbons (Fsp3) is 0.857. The van der Waals surface area contributed by atoms with E-state index in [0.717, 1.165) is 6.42 Å². The van der Waals surface area contributed by atoms with E-state index in [4.69, 9.17) is 0 Å². The Morgan fingerprint density at radius 3 is 2.44 bits per heavy atom. The van der Waals surface area contributed by atoms with Gasteiger partial charge >= 0.3 is 0 Å². The van der Waals surface area contributed by atoms with Crippen molar-refractivity contribution in [1.29, 1.82) is 0 Å². The molecule has 2 heteroatoms. The zero-order valence-electron chi connectivity index (χ0n) is 6.35. The van der Waals surface area contributed by atoms with E-state index < -0.39 is 0 Å². The van der Waals surface area contributed by atoms with Gasteiger partial charge in [0.15, 0.2) is 0 Å². The summed E-state index contributed by atoms with van der Waals surface area (Å²) in [5, 5.41) is 3.99. The van der Waals surface area contributed by atoms with Crippen LogP contribution in [-0.2, 0) is 9.33 Å². The summed E-state index contributed by atoms with van der Waals surface area (Å²) >= 11 is 4.40. The Bertz CT molecular complexity index is 138.